The van der Waals surface area contributed by atoms with Gasteiger partial charge in [0.2, 0.25) is 0 Å². The van der Waals surface area contributed by atoms with Crippen molar-refractivity contribution in [2.75, 3.05) is 46.4 Å². The Kier molecular flexibility index (Phi) is 37.3. The van der Waals surface area contributed by atoms with E-state index >= 15 is 0 Å². The summed E-state index contributed by atoms with van der Waals surface area (Å²) in [5.41, 5.74) is 0. The van der Waals surface area contributed by atoms with Crippen molar-refractivity contribution in [2.24, 2.45) is 17.8 Å². The number of hydrogen-bond acceptors (Lipinski definition) is 4. The van der Waals surface area contributed by atoms with Crippen LogP contribution in [0.3, 0.4) is 0 Å². The fourth-order valence-electron chi connectivity index (χ4n) is 9.07. The molecule has 1 atom stereocenters. The number of hydrogen-bond donors (Lipinski definition) is 0. The quantitative estimate of drug-likeness (QED) is 0.0459. The normalized spacial score (nSPS) is 14.8. The number of carbonyl (C=O) groups excluding carboxylic acids is 1. The molecule has 0 aliphatic carbocycles. The number of ether oxygens (including phenoxy) is 1. The van der Waals surface area contributed by atoms with E-state index in [1.807, 2.05) is 0 Å². The van der Waals surface area contributed by atoms with Crippen LogP contribution >= 0.6 is 0 Å². The van der Waals surface area contributed by atoms with Crippen molar-refractivity contribution in [2.45, 2.75) is 252 Å². The first-order valence-electron chi connectivity index (χ1n) is 25.1. The first kappa shape index (κ1) is 51.4. The van der Waals surface area contributed by atoms with Crippen molar-refractivity contribution in [1.82, 2.24) is 9.80 Å². The lowest BCUT2D eigenvalue weighted by atomic mass is 9.90. The summed E-state index contributed by atoms with van der Waals surface area (Å²) in [7, 11) is 2.28. The second-order valence-electron chi connectivity index (χ2n) is 18.3. The first-order chi connectivity index (χ1) is 26.5. The highest BCUT2D eigenvalue weighted by molar-refractivity contribution is 5.69. The van der Waals surface area contributed by atoms with Gasteiger partial charge in [0.25, 0.3) is 0 Å². The van der Waals surface area contributed by atoms with Crippen LogP contribution in [0.25, 0.3) is 0 Å². The molecule has 0 N–H and O–H groups in total. The third-order valence-corrected chi connectivity index (χ3v) is 13.0. The molecule has 0 aromatic carbocycles. The monoisotopic (exact) mass is 761 g/mol. The third-order valence-electron chi connectivity index (χ3n) is 13.0. The van der Waals surface area contributed by atoms with E-state index in [1.54, 1.807) is 0 Å². The van der Waals surface area contributed by atoms with Crippen molar-refractivity contribution < 1.29 is 9.53 Å². The fourth-order valence-corrected chi connectivity index (χ4v) is 9.07. The molecule has 322 valence electrons. The maximum Gasteiger partial charge on any atom is 0.305 e. The molecule has 1 fully saturated rings. The summed E-state index contributed by atoms with van der Waals surface area (Å²) < 4.78 is 5.69. The lowest BCUT2D eigenvalue weighted by Crippen LogP contribution is -2.46. The summed E-state index contributed by atoms with van der Waals surface area (Å²) in [6, 6.07) is 0. The number of piperazine rings is 1. The minimum atomic E-state index is 0.0392. The van der Waals surface area contributed by atoms with Gasteiger partial charge >= 0.3 is 5.97 Å². The summed E-state index contributed by atoms with van der Waals surface area (Å²) in [5, 5.41) is 0. The summed E-state index contributed by atoms with van der Waals surface area (Å²) in [6.45, 7) is 16.2. The van der Waals surface area contributed by atoms with Crippen LogP contribution in [-0.2, 0) is 9.53 Å². The molecular formula is C50H100N2O2. The summed E-state index contributed by atoms with van der Waals surface area (Å²) in [5.74, 6) is 2.67. The molecule has 0 aromatic heterocycles. The molecule has 0 radical (unpaired) electrons. The number of rotatable bonds is 41. The van der Waals surface area contributed by atoms with Crippen LogP contribution in [-0.4, -0.2) is 62.1 Å². The predicted molar refractivity (Wildman–Crippen MR) is 240 cm³/mol. The lowest BCUT2D eigenvalue weighted by molar-refractivity contribution is -0.144. The smallest absolute Gasteiger partial charge is 0.305 e. The molecule has 1 aliphatic rings. The van der Waals surface area contributed by atoms with Gasteiger partial charge in [-0.15, -0.1) is 0 Å². The molecule has 0 amide bonds. The molecule has 0 bridgehead atoms. The van der Waals surface area contributed by atoms with Crippen LogP contribution in [0, 0.1) is 17.8 Å². The average molecular weight is 761 g/mol. The van der Waals surface area contributed by atoms with Gasteiger partial charge in [-0.25, -0.2) is 0 Å². The van der Waals surface area contributed by atoms with Crippen molar-refractivity contribution in [3.8, 4) is 0 Å². The second-order valence-corrected chi connectivity index (χ2v) is 18.3. The maximum atomic E-state index is 12.4. The van der Waals surface area contributed by atoms with Crippen molar-refractivity contribution >= 4 is 5.97 Å². The van der Waals surface area contributed by atoms with E-state index in [0.29, 0.717) is 13.0 Å². The standard InChI is InChI=1S/C50H100N2O2/c1-6-10-24-32-47(33-25-11-7-2)36-28-20-16-14-15-17-21-29-37-49(46-52-43-41-51(5)42-44-52)38-30-22-18-19-23-31-39-50(53)54-45-40-48(34-26-12-8-3)35-27-13-9-4/h47-49H,6-46H2,1-5H3. The van der Waals surface area contributed by atoms with Crippen molar-refractivity contribution in [3.05, 3.63) is 0 Å². The number of likely N-dealkylation sites (N-methyl/N-ethyl adjacent to an activating group) is 1. The molecule has 0 aromatic rings. The van der Waals surface area contributed by atoms with Crippen LogP contribution < -0.4 is 0 Å². The molecular weight excluding hydrogens is 661 g/mol. The minimum absolute atomic E-state index is 0.0392. The molecule has 1 aliphatic heterocycles. The Labute approximate surface area is 340 Å². The van der Waals surface area contributed by atoms with E-state index in [9.17, 15) is 4.79 Å². The molecule has 1 unspecified atom stereocenters. The van der Waals surface area contributed by atoms with Gasteiger partial charge in [-0.05, 0) is 50.5 Å². The van der Waals surface area contributed by atoms with Gasteiger partial charge < -0.3 is 14.5 Å². The molecule has 4 heteroatoms. The van der Waals surface area contributed by atoms with Crippen LogP contribution in [0.15, 0.2) is 0 Å². The Morgan fingerprint density at radius 1 is 0.426 bits per heavy atom. The Morgan fingerprint density at radius 2 is 0.759 bits per heavy atom. The van der Waals surface area contributed by atoms with Gasteiger partial charge in [0.15, 0.2) is 0 Å². The van der Waals surface area contributed by atoms with E-state index in [4.69, 9.17) is 4.74 Å². The zero-order valence-corrected chi connectivity index (χ0v) is 37.9. The Balaban J connectivity index is 2.19. The first-order valence-corrected chi connectivity index (χ1v) is 25.1. The van der Waals surface area contributed by atoms with Gasteiger partial charge in [0.05, 0.1) is 6.61 Å². The van der Waals surface area contributed by atoms with Gasteiger partial charge in [0, 0.05) is 39.1 Å². The molecule has 4 nitrogen and oxygen atoms in total. The Morgan fingerprint density at radius 3 is 1.17 bits per heavy atom. The van der Waals surface area contributed by atoms with Crippen LogP contribution in [0.2, 0.25) is 0 Å². The molecule has 1 saturated heterocycles. The van der Waals surface area contributed by atoms with Crippen molar-refractivity contribution in [1.29, 1.82) is 0 Å². The lowest BCUT2D eigenvalue weighted by Gasteiger charge is -2.34. The highest BCUT2D eigenvalue weighted by Crippen LogP contribution is 2.25. The highest BCUT2D eigenvalue weighted by Gasteiger charge is 2.18. The Bertz CT molecular complexity index is 746. The summed E-state index contributed by atoms with van der Waals surface area (Å²) >= 11 is 0. The zero-order chi connectivity index (χ0) is 39.2. The summed E-state index contributed by atoms with van der Waals surface area (Å²) in [4.78, 5) is 17.7. The zero-order valence-electron chi connectivity index (χ0n) is 37.9. The van der Waals surface area contributed by atoms with Crippen molar-refractivity contribution in [3.63, 3.8) is 0 Å². The van der Waals surface area contributed by atoms with Crippen LogP contribution in [0.1, 0.15) is 252 Å². The van der Waals surface area contributed by atoms with E-state index in [1.165, 1.54) is 238 Å². The van der Waals surface area contributed by atoms with Gasteiger partial charge in [-0.1, -0.05) is 220 Å². The van der Waals surface area contributed by atoms with Crippen LogP contribution in [0.4, 0.5) is 0 Å². The maximum absolute atomic E-state index is 12.4. The number of carbonyl (C=O) groups is 1. The molecule has 0 spiro atoms. The van der Waals surface area contributed by atoms with E-state index in [2.05, 4.69) is 44.5 Å². The van der Waals surface area contributed by atoms with Gasteiger partial charge in [-0.2, -0.15) is 0 Å². The molecule has 0 saturated carbocycles. The number of nitrogens with zero attached hydrogens (tertiary/aromatic N) is 2. The third kappa shape index (κ3) is 32.5. The highest BCUT2D eigenvalue weighted by atomic mass is 16.5. The van der Waals surface area contributed by atoms with E-state index in [0.717, 1.165) is 30.6 Å². The molecule has 1 heterocycles. The average Bonchev–Trinajstić information content (AvgIpc) is 3.17. The Hall–Kier alpha value is -0.610. The van der Waals surface area contributed by atoms with E-state index < -0.39 is 0 Å². The number of unbranched alkanes of at least 4 members (excludes halogenated alkanes) is 20. The van der Waals surface area contributed by atoms with Gasteiger partial charge in [-0.3, -0.25) is 4.79 Å². The minimum Gasteiger partial charge on any atom is -0.466 e. The predicted octanol–water partition coefficient (Wildman–Crippen LogP) is 15.4. The topological polar surface area (TPSA) is 32.8 Å². The largest absolute Gasteiger partial charge is 0.466 e. The SMILES string of the molecule is CCCCCC(CCCCC)CCCCCCCCCCC(CCCCCCCCC(=O)OCCC(CCCCC)CCCCC)CN1CCN(C)CC1. The number of esters is 1. The summed E-state index contributed by atoms with van der Waals surface area (Å²) in [6.07, 6.45) is 47.2. The molecule has 1 rings (SSSR count). The fraction of sp³-hybridized carbons (Fsp3) is 0.980. The second kappa shape index (κ2) is 39.2. The molecule has 54 heavy (non-hydrogen) atoms. The van der Waals surface area contributed by atoms with Crippen LogP contribution in [0.5, 0.6) is 0 Å². The van der Waals surface area contributed by atoms with Gasteiger partial charge in [0.1, 0.15) is 0 Å². The van der Waals surface area contributed by atoms with E-state index in [-0.39, 0.29) is 5.97 Å².